The molecule has 3 rings (SSSR count). The first-order valence-corrected chi connectivity index (χ1v) is 5.94. The largest absolute Gasteiger partial charge is 0.408 e. The van der Waals surface area contributed by atoms with Gasteiger partial charge in [0.2, 0.25) is 5.89 Å². The highest BCUT2D eigenvalue weighted by atomic mass is 19.1. The summed E-state index contributed by atoms with van der Waals surface area (Å²) in [6, 6.07) is 9.47. The van der Waals surface area contributed by atoms with Gasteiger partial charge in [-0.3, -0.25) is 10.1 Å². The summed E-state index contributed by atoms with van der Waals surface area (Å²) < 4.78 is 18.8. The van der Waals surface area contributed by atoms with E-state index in [2.05, 4.69) is 15.5 Å². The normalized spacial score (nSPS) is 10.7. The minimum atomic E-state index is -0.426. The fourth-order valence-electron chi connectivity index (χ4n) is 1.97. The number of carbonyl (C=O) groups is 1. The first-order chi connectivity index (χ1) is 9.65. The highest BCUT2D eigenvalue weighted by Gasteiger charge is 2.14. The Morgan fingerprint density at radius 3 is 2.60 bits per heavy atom. The van der Waals surface area contributed by atoms with E-state index in [9.17, 15) is 9.18 Å². The van der Waals surface area contributed by atoms with Crippen LogP contribution in [0.3, 0.4) is 0 Å². The van der Waals surface area contributed by atoms with Crippen LogP contribution in [0.1, 0.15) is 16.2 Å². The lowest BCUT2D eigenvalue weighted by atomic mass is 10.0. The van der Waals surface area contributed by atoms with Gasteiger partial charge in [-0.15, -0.1) is 5.10 Å². The molecule has 3 aromatic rings. The third-order valence-corrected chi connectivity index (χ3v) is 2.86. The maximum Gasteiger partial charge on any atom is 0.322 e. The Balaban J connectivity index is 2.01. The Morgan fingerprint density at radius 2 is 1.90 bits per heavy atom. The van der Waals surface area contributed by atoms with Gasteiger partial charge in [0, 0.05) is 17.9 Å². The predicted octanol–water partition coefficient (Wildman–Crippen LogP) is 2.92. The van der Waals surface area contributed by atoms with Gasteiger partial charge in [-0.25, -0.2) is 4.39 Å². The molecule has 2 aromatic carbocycles. The number of nitrogens with zero attached hydrogens (tertiary/aromatic N) is 2. The van der Waals surface area contributed by atoms with E-state index in [1.54, 1.807) is 31.2 Å². The quantitative estimate of drug-likeness (QED) is 0.778. The van der Waals surface area contributed by atoms with E-state index in [1.165, 1.54) is 12.1 Å². The van der Waals surface area contributed by atoms with Crippen molar-refractivity contribution in [3.8, 4) is 0 Å². The van der Waals surface area contributed by atoms with Crippen LogP contribution in [0, 0.1) is 12.7 Å². The summed E-state index contributed by atoms with van der Waals surface area (Å²) >= 11 is 0. The van der Waals surface area contributed by atoms with Crippen molar-refractivity contribution in [2.75, 3.05) is 5.32 Å². The molecule has 1 heterocycles. The van der Waals surface area contributed by atoms with E-state index in [0.29, 0.717) is 22.2 Å². The number of benzene rings is 2. The molecule has 1 N–H and O–H groups in total. The van der Waals surface area contributed by atoms with Gasteiger partial charge in [0.15, 0.2) is 0 Å². The average Bonchev–Trinajstić information content (AvgIpc) is 2.84. The number of amides is 1. The molecule has 0 aliphatic rings. The van der Waals surface area contributed by atoms with E-state index < -0.39 is 5.91 Å². The second-order valence-corrected chi connectivity index (χ2v) is 4.22. The summed E-state index contributed by atoms with van der Waals surface area (Å²) in [5, 5.41) is 10.7. The van der Waals surface area contributed by atoms with Crippen molar-refractivity contribution in [1.29, 1.82) is 0 Å². The molecular weight excluding hydrogens is 261 g/mol. The lowest BCUT2D eigenvalue weighted by molar-refractivity contribution is 0.102. The lowest BCUT2D eigenvalue weighted by Crippen LogP contribution is -2.12. The molecule has 20 heavy (non-hydrogen) atoms. The molecule has 0 radical (unpaired) electrons. The fourth-order valence-corrected chi connectivity index (χ4v) is 1.97. The standard InChI is InChI=1S/C14H10FN3O2/c1-8-17-18-14(20-8)16-13(19)11-6-7-12(15)10-5-3-2-4-9(10)11/h2-7H,1H3,(H,16,18,19). The number of nitrogens with one attached hydrogen (secondary N) is 1. The van der Waals surface area contributed by atoms with Gasteiger partial charge >= 0.3 is 6.01 Å². The van der Waals surface area contributed by atoms with Crippen molar-refractivity contribution in [1.82, 2.24) is 10.2 Å². The van der Waals surface area contributed by atoms with Gasteiger partial charge < -0.3 is 4.42 Å². The molecule has 1 aromatic heterocycles. The van der Waals surface area contributed by atoms with Crippen LogP contribution in [0.2, 0.25) is 0 Å². The van der Waals surface area contributed by atoms with Crippen molar-refractivity contribution in [3.63, 3.8) is 0 Å². The Morgan fingerprint density at radius 1 is 1.15 bits per heavy atom. The summed E-state index contributed by atoms with van der Waals surface area (Å²) in [4.78, 5) is 12.2. The number of carbonyl (C=O) groups excluding carboxylic acids is 1. The topological polar surface area (TPSA) is 68.0 Å². The Hall–Kier alpha value is -2.76. The number of hydrogen-bond donors (Lipinski definition) is 1. The minimum absolute atomic E-state index is 0.0147. The van der Waals surface area contributed by atoms with E-state index in [-0.39, 0.29) is 11.8 Å². The second-order valence-electron chi connectivity index (χ2n) is 4.22. The molecule has 5 nitrogen and oxygen atoms in total. The molecule has 0 aliphatic heterocycles. The van der Waals surface area contributed by atoms with Gasteiger partial charge in [-0.2, -0.15) is 0 Å². The Kier molecular flexibility index (Phi) is 2.90. The van der Waals surface area contributed by atoms with Crippen LogP contribution in [0.4, 0.5) is 10.4 Å². The summed E-state index contributed by atoms with van der Waals surface area (Å²) in [6.07, 6.45) is 0. The van der Waals surface area contributed by atoms with Crippen LogP contribution in [0.5, 0.6) is 0 Å². The number of halogens is 1. The number of anilines is 1. The maximum absolute atomic E-state index is 13.7. The maximum atomic E-state index is 13.7. The van der Waals surface area contributed by atoms with E-state index in [4.69, 9.17) is 4.42 Å². The van der Waals surface area contributed by atoms with E-state index >= 15 is 0 Å². The molecular formula is C14H10FN3O2. The number of rotatable bonds is 2. The SMILES string of the molecule is Cc1nnc(NC(=O)c2ccc(F)c3ccccc23)o1. The third kappa shape index (κ3) is 2.11. The Labute approximate surface area is 113 Å². The number of hydrogen-bond acceptors (Lipinski definition) is 4. The molecule has 0 fully saturated rings. The van der Waals surface area contributed by atoms with Crippen molar-refractivity contribution in [2.45, 2.75) is 6.92 Å². The number of aromatic nitrogens is 2. The van der Waals surface area contributed by atoms with Gasteiger partial charge in [0.1, 0.15) is 5.82 Å². The van der Waals surface area contributed by atoms with Crippen LogP contribution >= 0.6 is 0 Å². The molecule has 0 saturated heterocycles. The molecule has 0 atom stereocenters. The van der Waals surface area contributed by atoms with Crippen molar-refractivity contribution < 1.29 is 13.6 Å². The molecule has 6 heteroatoms. The molecule has 100 valence electrons. The summed E-state index contributed by atoms with van der Waals surface area (Å²) in [6.45, 7) is 1.62. The van der Waals surface area contributed by atoms with Gasteiger partial charge in [0.25, 0.3) is 5.91 Å². The monoisotopic (exact) mass is 271 g/mol. The molecule has 0 aliphatic carbocycles. The highest BCUT2D eigenvalue weighted by Crippen LogP contribution is 2.22. The molecule has 0 saturated carbocycles. The van der Waals surface area contributed by atoms with E-state index in [1.807, 2.05) is 0 Å². The van der Waals surface area contributed by atoms with Crippen molar-refractivity contribution >= 4 is 22.7 Å². The predicted molar refractivity (Wildman–Crippen MR) is 70.9 cm³/mol. The van der Waals surface area contributed by atoms with Crippen LogP contribution in [-0.2, 0) is 0 Å². The average molecular weight is 271 g/mol. The second kappa shape index (κ2) is 4.73. The molecule has 1 amide bonds. The fraction of sp³-hybridized carbons (Fsp3) is 0.0714. The molecule has 0 spiro atoms. The van der Waals surface area contributed by atoms with E-state index in [0.717, 1.165) is 0 Å². The van der Waals surface area contributed by atoms with Crippen molar-refractivity contribution in [2.24, 2.45) is 0 Å². The third-order valence-electron chi connectivity index (χ3n) is 2.86. The summed E-state index contributed by atoms with van der Waals surface area (Å²) in [7, 11) is 0. The Bertz CT molecular complexity index is 798. The van der Waals surface area contributed by atoms with Crippen molar-refractivity contribution in [3.05, 3.63) is 53.7 Å². The molecule has 0 unspecified atom stereocenters. The van der Waals surface area contributed by atoms with Crippen LogP contribution in [-0.4, -0.2) is 16.1 Å². The van der Waals surface area contributed by atoms with Gasteiger partial charge in [0.05, 0.1) is 0 Å². The van der Waals surface area contributed by atoms with Gasteiger partial charge in [-0.05, 0) is 17.5 Å². The zero-order valence-corrected chi connectivity index (χ0v) is 10.6. The smallest absolute Gasteiger partial charge is 0.322 e. The van der Waals surface area contributed by atoms with Crippen LogP contribution in [0.15, 0.2) is 40.8 Å². The van der Waals surface area contributed by atoms with Gasteiger partial charge in [-0.1, -0.05) is 29.4 Å². The van der Waals surface area contributed by atoms with Crippen LogP contribution in [0.25, 0.3) is 10.8 Å². The summed E-state index contributed by atoms with van der Waals surface area (Å²) in [5.74, 6) is -0.445. The zero-order valence-electron chi connectivity index (χ0n) is 10.6. The molecule has 0 bridgehead atoms. The zero-order chi connectivity index (χ0) is 14.1. The van der Waals surface area contributed by atoms with Crippen LogP contribution < -0.4 is 5.32 Å². The number of fused-ring (bicyclic) bond motifs is 1. The summed E-state index contributed by atoms with van der Waals surface area (Å²) in [5.41, 5.74) is 0.345. The lowest BCUT2D eigenvalue weighted by Gasteiger charge is -2.06. The number of aryl methyl sites for hydroxylation is 1. The first-order valence-electron chi connectivity index (χ1n) is 5.94. The minimum Gasteiger partial charge on any atom is -0.408 e. The first kappa shape index (κ1) is 12.3. The highest BCUT2D eigenvalue weighted by molar-refractivity contribution is 6.12.